The minimum Gasteiger partial charge on any atom is -0.354 e. The summed E-state index contributed by atoms with van der Waals surface area (Å²) in [5, 5.41) is 3.48. The highest BCUT2D eigenvalue weighted by molar-refractivity contribution is 7.92. The first-order valence-corrected chi connectivity index (χ1v) is 16.4. The van der Waals surface area contributed by atoms with Crippen molar-refractivity contribution in [2.24, 2.45) is 5.92 Å². The monoisotopic (exact) mass is 631 g/mol. The molecule has 1 unspecified atom stereocenters. The van der Waals surface area contributed by atoms with Gasteiger partial charge in [0.25, 0.3) is 10.0 Å². The highest BCUT2D eigenvalue weighted by Gasteiger charge is 2.34. The molecular weight excluding hydrogens is 594 g/mol. The van der Waals surface area contributed by atoms with Gasteiger partial charge in [0.15, 0.2) is 0 Å². The van der Waals surface area contributed by atoms with Crippen LogP contribution in [0.1, 0.15) is 30.5 Å². The van der Waals surface area contributed by atoms with Crippen molar-refractivity contribution in [3.63, 3.8) is 0 Å². The summed E-state index contributed by atoms with van der Waals surface area (Å²) in [6.45, 7) is 5.87. The summed E-state index contributed by atoms with van der Waals surface area (Å²) in [4.78, 5) is 29.8. The molecule has 1 atom stereocenters. The molecule has 0 saturated heterocycles. The molecule has 2 amide bonds. The summed E-state index contributed by atoms with van der Waals surface area (Å²) in [7, 11) is -4.14. The molecule has 0 saturated carbocycles. The molecule has 4 rings (SSSR count). The van der Waals surface area contributed by atoms with Crippen LogP contribution in [0.2, 0.25) is 5.02 Å². The molecule has 0 aliphatic rings. The van der Waals surface area contributed by atoms with Gasteiger partial charge in [0.1, 0.15) is 12.6 Å². The lowest BCUT2D eigenvalue weighted by Gasteiger charge is -2.34. The maximum absolute atomic E-state index is 14.4. The number of nitrogens with zero attached hydrogens (tertiary/aromatic N) is 2. The van der Waals surface area contributed by atoms with Crippen LogP contribution in [-0.4, -0.2) is 44.3 Å². The Morgan fingerprint density at radius 3 is 2.05 bits per heavy atom. The summed E-state index contributed by atoms with van der Waals surface area (Å²) in [5.41, 5.74) is 2.88. The predicted octanol–water partition coefficient (Wildman–Crippen LogP) is 6.26. The number of nitrogens with one attached hydrogen (secondary N) is 1. The molecule has 1 N–H and O–H groups in total. The molecule has 0 radical (unpaired) electrons. The van der Waals surface area contributed by atoms with Gasteiger partial charge in [0.05, 0.1) is 10.6 Å². The zero-order valence-corrected chi connectivity index (χ0v) is 26.8. The van der Waals surface area contributed by atoms with E-state index in [-0.39, 0.29) is 29.7 Å². The van der Waals surface area contributed by atoms with Gasteiger partial charge in [-0.1, -0.05) is 104 Å². The molecule has 0 heterocycles. The van der Waals surface area contributed by atoms with E-state index in [1.54, 1.807) is 60.7 Å². The van der Waals surface area contributed by atoms with Crippen LogP contribution in [0.4, 0.5) is 5.69 Å². The number of benzene rings is 4. The molecule has 0 fully saturated rings. The molecule has 230 valence electrons. The Kier molecular flexibility index (Phi) is 11.2. The van der Waals surface area contributed by atoms with Crippen LogP contribution in [0, 0.1) is 12.8 Å². The molecule has 0 bridgehead atoms. The van der Waals surface area contributed by atoms with Crippen LogP contribution in [-0.2, 0) is 32.6 Å². The van der Waals surface area contributed by atoms with Crippen molar-refractivity contribution in [1.82, 2.24) is 10.2 Å². The second kappa shape index (κ2) is 15.0. The zero-order chi connectivity index (χ0) is 31.7. The van der Waals surface area contributed by atoms with Gasteiger partial charge in [-0.3, -0.25) is 13.9 Å². The second-order valence-corrected chi connectivity index (χ2v) is 13.5. The Morgan fingerprint density at radius 1 is 0.818 bits per heavy atom. The van der Waals surface area contributed by atoms with Crippen LogP contribution in [0.3, 0.4) is 0 Å². The van der Waals surface area contributed by atoms with Crippen LogP contribution in [0.5, 0.6) is 0 Å². The predicted molar refractivity (Wildman–Crippen MR) is 176 cm³/mol. The maximum atomic E-state index is 14.4. The molecule has 7 nitrogen and oxygen atoms in total. The van der Waals surface area contributed by atoms with Crippen LogP contribution in [0.25, 0.3) is 0 Å². The first-order valence-electron chi connectivity index (χ1n) is 14.5. The van der Waals surface area contributed by atoms with Crippen molar-refractivity contribution in [1.29, 1.82) is 0 Å². The number of hydrogen-bond acceptors (Lipinski definition) is 4. The highest BCUT2D eigenvalue weighted by Crippen LogP contribution is 2.26. The average molecular weight is 632 g/mol. The maximum Gasteiger partial charge on any atom is 0.264 e. The van der Waals surface area contributed by atoms with Crippen molar-refractivity contribution in [2.75, 3.05) is 17.4 Å². The fourth-order valence-electron chi connectivity index (χ4n) is 4.77. The van der Waals surface area contributed by atoms with E-state index >= 15 is 0 Å². The Bertz CT molecular complexity index is 1650. The largest absolute Gasteiger partial charge is 0.354 e. The van der Waals surface area contributed by atoms with E-state index in [4.69, 9.17) is 11.6 Å². The third-order valence-corrected chi connectivity index (χ3v) is 9.15. The number of hydrogen-bond donors (Lipinski definition) is 1. The van der Waals surface area contributed by atoms with Crippen LogP contribution >= 0.6 is 11.6 Å². The molecule has 0 spiro atoms. The van der Waals surface area contributed by atoms with Crippen molar-refractivity contribution in [3.8, 4) is 0 Å². The first kappa shape index (κ1) is 32.8. The van der Waals surface area contributed by atoms with E-state index in [1.165, 1.54) is 17.0 Å². The van der Waals surface area contributed by atoms with Crippen molar-refractivity contribution < 1.29 is 18.0 Å². The molecule has 9 heteroatoms. The van der Waals surface area contributed by atoms with E-state index in [1.807, 2.05) is 57.2 Å². The lowest BCUT2D eigenvalue weighted by molar-refractivity contribution is -0.140. The normalized spacial score (nSPS) is 12.0. The first-order chi connectivity index (χ1) is 21.0. The number of sulfonamides is 1. The van der Waals surface area contributed by atoms with Crippen molar-refractivity contribution >= 4 is 39.1 Å². The number of rotatable bonds is 13. The Balaban J connectivity index is 1.79. The number of amides is 2. The minimum atomic E-state index is -4.14. The number of anilines is 1. The summed E-state index contributed by atoms with van der Waals surface area (Å²) >= 11 is 6.30. The molecular formula is C35H38ClN3O4S. The van der Waals surface area contributed by atoms with Gasteiger partial charge < -0.3 is 10.2 Å². The van der Waals surface area contributed by atoms with E-state index < -0.39 is 28.5 Å². The Morgan fingerprint density at radius 2 is 1.43 bits per heavy atom. The van der Waals surface area contributed by atoms with Crippen molar-refractivity contribution in [2.45, 2.75) is 44.7 Å². The van der Waals surface area contributed by atoms with E-state index in [0.717, 1.165) is 15.4 Å². The summed E-state index contributed by atoms with van der Waals surface area (Å²) in [5.74, 6) is -0.641. The summed E-state index contributed by atoms with van der Waals surface area (Å²) < 4.78 is 29.1. The fourth-order valence-corrected chi connectivity index (χ4v) is 6.42. The zero-order valence-electron chi connectivity index (χ0n) is 25.2. The second-order valence-electron chi connectivity index (χ2n) is 11.2. The number of carbonyl (C=O) groups is 2. The number of carbonyl (C=O) groups excluding carboxylic acids is 2. The topological polar surface area (TPSA) is 86.8 Å². The van der Waals surface area contributed by atoms with E-state index in [2.05, 4.69) is 5.32 Å². The van der Waals surface area contributed by atoms with Gasteiger partial charge in [0, 0.05) is 24.5 Å². The van der Waals surface area contributed by atoms with Gasteiger partial charge in [-0.15, -0.1) is 0 Å². The molecule has 0 aliphatic heterocycles. The Hall–Kier alpha value is -4.14. The standard InChI is InChI=1S/C35H38ClN3O4S/c1-26(2)23-37-35(41)33(22-28-11-6-4-7-12-28)38(24-29-13-10-14-30(36)21-29)34(40)25-39(31-19-17-27(3)18-20-31)44(42,43)32-15-8-5-9-16-32/h4-21,26,33H,22-25H2,1-3H3,(H,37,41). The Labute approximate surface area is 265 Å². The van der Waals surface area contributed by atoms with Gasteiger partial charge in [-0.05, 0) is 60.4 Å². The molecule has 44 heavy (non-hydrogen) atoms. The number of halogens is 1. The average Bonchev–Trinajstić information content (AvgIpc) is 3.01. The highest BCUT2D eigenvalue weighted by atomic mass is 35.5. The molecule has 0 aliphatic carbocycles. The van der Waals surface area contributed by atoms with E-state index in [0.29, 0.717) is 22.8 Å². The van der Waals surface area contributed by atoms with Gasteiger partial charge >= 0.3 is 0 Å². The van der Waals surface area contributed by atoms with Crippen LogP contribution < -0.4 is 9.62 Å². The number of aryl methyl sites for hydroxylation is 1. The fraction of sp³-hybridized carbons (Fsp3) is 0.257. The lowest BCUT2D eigenvalue weighted by atomic mass is 10.0. The van der Waals surface area contributed by atoms with Crippen LogP contribution in [0.15, 0.2) is 114 Å². The van der Waals surface area contributed by atoms with Gasteiger partial charge in [-0.25, -0.2) is 8.42 Å². The van der Waals surface area contributed by atoms with Gasteiger partial charge in [-0.2, -0.15) is 0 Å². The third kappa shape index (κ3) is 8.71. The molecule has 4 aromatic rings. The molecule has 4 aromatic carbocycles. The van der Waals surface area contributed by atoms with Gasteiger partial charge in [0.2, 0.25) is 11.8 Å². The minimum absolute atomic E-state index is 0.0547. The molecule has 0 aromatic heterocycles. The summed E-state index contributed by atoms with van der Waals surface area (Å²) in [6, 6.07) is 30.6. The smallest absolute Gasteiger partial charge is 0.264 e. The van der Waals surface area contributed by atoms with E-state index in [9.17, 15) is 18.0 Å². The summed E-state index contributed by atoms with van der Waals surface area (Å²) in [6.07, 6.45) is 0.243. The third-order valence-electron chi connectivity index (χ3n) is 7.13. The van der Waals surface area contributed by atoms with Crippen molar-refractivity contribution in [3.05, 3.63) is 131 Å². The quantitative estimate of drug-likeness (QED) is 0.189. The lowest BCUT2D eigenvalue weighted by Crippen LogP contribution is -2.53. The SMILES string of the molecule is Cc1ccc(N(CC(=O)N(Cc2cccc(Cl)c2)C(Cc2ccccc2)C(=O)NCC(C)C)S(=O)(=O)c2ccccc2)cc1.